The fraction of sp³-hybridized carbons (Fsp3) is 0.208. The quantitative estimate of drug-likeness (QED) is 0.458. The number of para-hydroxylation sites is 3. The van der Waals surface area contributed by atoms with Gasteiger partial charge in [0.1, 0.15) is 18.2 Å². The van der Waals surface area contributed by atoms with Crippen LogP contribution in [0.5, 0.6) is 5.75 Å². The van der Waals surface area contributed by atoms with Gasteiger partial charge in [0.15, 0.2) is 0 Å². The van der Waals surface area contributed by atoms with E-state index in [1.165, 1.54) is 22.3 Å². The molecule has 4 rings (SSSR count). The summed E-state index contributed by atoms with van der Waals surface area (Å²) in [5.41, 5.74) is 6.89. The molecule has 0 N–H and O–H groups in total. The third kappa shape index (κ3) is 3.33. The van der Waals surface area contributed by atoms with Gasteiger partial charge in [-0.2, -0.15) is 0 Å². The van der Waals surface area contributed by atoms with Gasteiger partial charge in [-0.1, -0.05) is 54.6 Å². The van der Waals surface area contributed by atoms with Gasteiger partial charge >= 0.3 is 0 Å². The Balaban J connectivity index is 1.68. The lowest BCUT2D eigenvalue weighted by Crippen LogP contribution is -2.11. The Hall–Kier alpha value is -3.07. The molecular weight excluding hydrogens is 332 g/mol. The van der Waals surface area contributed by atoms with Crippen LogP contribution in [0.15, 0.2) is 66.7 Å². The Morgan fingerprint density at radius 2 is 1.44 bits per heavy atom. The molecule has 0 radical (unpaired) electrons. The van der Waals surface area contributed by atoms with Crippen molar-refractivity contribution in [2.45, 2.75) is 27.3 Å². The number of benzene rings is 3. The first-order valence-electron chi connectivity index (χ1n) is 9.35. The van der Waals surface area contributed by atoms with Gasteiger partial charge in [-0.25, -0.2) is 4.98 Å². The van der Waals surface area contributed by atoms with Crippen molar-refractivity contribution in [2.24, 2.45) is 0 Å². The first kappa shape index (κ1) is 17.3. The summed E-state index contributed by atoms with van der Waals surface area (Å²) in [7, 11) is 0. The van der Waals surface area contributed by atoms with Crippen molar-refractivity contribution >= 4 is 11.0 Å². The number of rotatable bonds is 5. The highest BCUT2D eigenvalue weighted by Gasteiger charge is 2.14. The smallest absolute Gasteiger partial charge is 0.141 e. The molecule has 27 heavy (non-hydrogen) atoms. The van der Waals surface area contributed by atoms with Crippen LogP contribution in [0, 0.1) is 20.8 Å². The number of nitrogens with zero attached hydrogens (tertiary/aromatic N) is 2. The number of fused-ring (bicyclic) bond motifs is 1. The number of aromatic nitrogens is 2. The maximum absolute atomic E-state index is 6.16. The van der Waals surface area contributed by atoms with Gasteiger partial charge in [-0.05, 0) is 49.6 Å². The highest BCUT2D eigenvalue weighted by molar-refractivity contribution is 5.81. The second-order valence-corrected chi connectivity index (χ2v) is 6.96. The molecule has 0 saturated carbocycles. The van der Waals surface area contributed by atoms with E-state index in [0.29, 0.717) is 6.61 Å². The summed E-state index contributed by atoms with van der Waals surface area (Å²) in [5.74, 6) is 1.98. The predicted octanol–water partition coefficient (Wildman–Crippen LogP) is 5.71. The summed E-state index contributed by atoms with van der Waals surface area (Å²) in [6.45, 7) is 7.66. The number of ether oxygens (including phenoxy) is 1. The largest absolute Gasteiger partial charge is 0.491 e. The summed E-state index contributed by atoms with van der Waals surface area (Å²) in [6.07, 6.45) is 0. The second-order valence-electron chi connectivity index (χ2n) is 6.96. The number of imidazole rings is 1. The van der Waals surface area contributed by atoms with Gasteiger partial charge in [0.2, 0.25) is 0 Å². The van der Waals surface area contributed by atoms with E-state index in [1.807, 2.05) is 6.07 Å². The summed E-state index contributed by atoms with van der Waals surface area (Å²) < 4.78 is 8.43. The highest BCUT2D eigenvalue weighted by Crippen LogP contribution is 2.28. The van der Waals surface area contributed by atoms with E-state index in [2.05, 4.69) is 86.0 Å². The van der Waals surface area contributed by atoms with Crippen molar-refractivity contribution in [1.29, 1.82) is 0 Å². The molecular formula is C24H24N2O. The van der Waals surface area contributed by atoms with Crippen molar-refractivity contribution in [3.8, 4) is 17.1 Å². The predicted molar refractivity (Wildman–Crippen MR) is 111 cm³/mol. The maximum atomic E-state index is 6.16. The molecule has 0 unspecified atom stereocenters. The van der Waals surface area contributed by atoms with Gasteiger partial charge in [-0.3, -0.25) is 0 Å². The average molecular weight is 356 g/mol. The number of hydrogen-bond acceptors (Lipinski definition) is 2. The zero-order valence-electron chi connectivity index (χ0n) is 16.1. The van der Waals surface area contributed by atoms with Crippen LogP contribution in [-0.2, 0) is 6.54 Å². The average Bonchev–Trinajstić information content (AvgIpc) is 3.03. The molecule has 0 aliphatic carbocycles. The Labute approximate surface area is 160 Å². The van der Waals surface area contributed by atoms with Crippen LogP contribution >= 0.6 is 0 Å². The molecule has 0 spiro atoms. The minimum Gasteiger partial charge on any atom is -0.491 e. The van der Waals surface area contributed by atoms with Crippen LogP contribution in [-0.4, -0.2) is 16.2 Å². The van der Waals surface area contributed by atoms with Crippen LogP contribution in [0.1, 0.15) is 16.7 Å². The molecule has 1 heterocycles. The fourth-order valence-corrected chi connectivity index (χ4v) is 3.60. The van der Waals surface area contributed by atoms with Gasteiger partial charge in [-0.15, -0.1) is 0 Å². The first-order valence-corrected chi connectivity index (χ1v) is 9.35. The Kier molecular flexibility index (Phi) is 4.68. The Morgan fingerprint density at radius 3 is 2.22 bits per heavy atom. The van der Waals surface area contributed by atoms with Gasteiger partial charge in [0.25, 0.3) is 0 Å². The standard InChI is InChI=1S/C24H24N2O/c1-17-9-4-5-12-20(17)24-25-21-13-6-7-14-22(21)26(24)15-16-27-23-18(2)10-8-11-19(23)3/h4-14H,15-16H2,1-3H3. The second kappa shape index (κ2) is 7.28. The molecule has 136 valence electrons. The monoisotopic (exact) mass is 356 g/mol. The third-order valence-electron chi connectivity index (χ3n) is 5.01. The van der Waals surface area contributed by atoms with Crippen molar-refractivity contribution < 1.29 is 4.74 Å². The van der Waals surface area contributed by atoms with Gasteiger partial charge in [0.05, 0.1) is 17.6 Å². The zero-order chi connectivity index (χ0) is 18.8. The summed E-state index contributed by atoms with van der Waals surface area (Å²) in [5, 5.41) is 0. The molecule has 4 aromatic rings. The molecule has 3 aromatic carbocycles. The minimum atomic E-state index is 0.602. The molecule has 0 aliphatic rings. The lowest BCUT2D eigenvalue weighted by molar-refractivity contribution is 0.297. The molecule has 0 atom stereocenters. The van der Waals surface area contributed by atoms with Crippen molar-refractivity contribution in [2.75, 3.05) is 6.61 Å². The third-order valence-corrected chi connectivity index (χ3v) is 5.01. The fourth-order valence-electron chi connectivity index (χ4n) is 3.60. The molecule has 3 nitrogen and oxygen atoms in total. The van der Waals surface area contributed by atoms with E-state index in [4.69, 9.17) is 9.72 Å². The summed E-state index contributed by atoms with van der Waals surface area (Å²) in [4.78, 5) is 4.91. The molecule has 0 bridgehead atoms. The Morgan fingerprint density at radius 1 is 0.778 bits per heavy atom. The topological polar surface area (TPSA) is 27.1 Å². The highest BCUT2D eigenvalue weighted by atomic mass is 16.5. The summed E-state index contributed by atoms with van der Waals surface area (Å²) >= 11 is 0. The number of aryl methyl sites for hydroxylation is 3. The van der Waals surface area contributed by atoms with Crippen molar-refractivity contribution in [1.82, 2.24) is 9.55 Å². The van der Waals surface area contributed by atoms with E-state index < -0.39 is 0 Å². The van der Waals surface area contributed by atoms with E-state index in [1.54, 1.807) is 0 Å². The molecule has 0 amide bonds. The molecule has 1 aromatic heterocycles. The normalized spacial score (nSPS) is 11.1. The van der Waals surface area contributed by atoms with E-state index in [-0.39, 0.29) is 0 Å². The van der Waals surface area contributed by atoms with E-state index >= 15 is 0 Å². The number of hydrogen-bond donors (Lipinski definition) is 0. The lowest BCUT2D eigenvalue weighted by atomic mass is 10.1. The van der Waals surface area contributed by atoms with Crippen LogP contribution in [0.4, 0.5) is 0 Å². The SMILES string of the molecule is Cc1ccccc1-c1nc2ccccc2n1CCOc1c(C)cccc1C. The van der Waals surface area contributed by atoms with E-state index in [0.717, 1.165) is 29.2 Å². The lowest BCUT2D eigenvalue weighted by Gasteiger charge is -2.14. The molecule has 0 aliphatic heterocycles. The van der Waals surface area contributed by atoms with E-state index in [9.17, 15) is 0 Å². The van der Waals surface area contributed by atoms with Gasteiger partial charge in [0, 0.05) is 5.56 Å². The van der Waals surface area contributed by atoms with Crippen molar-refractivity contribution in [3.63, 3.8) is 0 Å². The first-order chi connectivity index (χ1) is 13.1. The molecule has 3 heteroatoms. The molecule has 0 fully saturated rings. The minimum absolute atomic E-state index is 0.602. The summed E-state index contributed by atoms with van der Waals surface area (Å²) in [6, 6.07) is 22.9. The Bertz CT molecular complexity index is 1070. The van der Waals surface area contributed by atoms with Crippen LogP contribution < -0.4 is 4.74 Å². The van der Waals surface area contributed by atoms with Crippen LogP contribution in [0.3, 0.4) is 0 Å². The zero-order valence-corrected chi connectivity index (χ0v) is 16.1. The van der Waals surface area contributed by atoms with Crippen molar-refractivity contribution in [3.05, 3.63) is 83.4 Å². The maximum Gasteiger partial charge on any atom is 0.141 e. The van der Waals surface area contributed by atoms with Gasteiger partial charge < -0.3 is 9.30 Å². The molecule has 0 saturated heterocycles. The van der Waals surface area contributed by atoms with Crippen LogP contribution in [0.25, 0.3) is 22.4 Å². The van der Waals surface area contributed by atoms with Crippen LogP contribution in [0.2, 0.25) is 0 Å².